The van der Waals surface area contributed by atoms with Gasteiger partial charge in [-0.25, -0.2) is 13.4 Å². The molecule has 176 valence electrons. The Labute approximate surface area is 197 Å². The number of carbonyl (C=O) groups is 1. The molecule has 0 radical (unpaired) electrons. The van der Waals surface area contributed by atoms with E-state index in [-0.39, 0.29) is 29.2 Å². The molecule has 5 rings (SSSR count). The van der Waals surface area contributed by atoms with Crippen molar-refractivity contribution < 1.29 is 18.3 Å². The fourth-order valence-electron chi connectivity index (χ4n) is 4.22. The number of sulfone groups is 1. The number of phenols is 1. The molecule has 1 fully saturated rings. The largest absolute Gasteiger partial charge is 0.508 e. The standard InChI is InChI=1S/C24H25N5O4S/c1-14-2-4-17(30)11-20(14)27-19-6-8-25-23-22(19)24(31)29-21-10-15(3-5-18(21)28-23)12-26-16-7-9-34(32,33)13-16/h2-6,8,10-11,16,26,30H,7,9,12-13H2,1H3,(H,29,31)(H2,25,27,28). The molecule has 3 aromatic rings. The number of pyridine rings is 1. The number of hydrogen-bond donors (Lipinski definition) is 5. The van der Waals surface area contributed by atoms with E-state index in [0.717, 1.165) is 11.1 Å². The smallest absolute Gasteiger partial charge is 0.261 e. The SMILES string of the molecule is Cc1ccc(O)cc1Nc1ccnc2c1C(=O)Nc1cc(CNC3CCS(=O)(=O)C3)ccc1N2. The first-order chi connectivity index (χ1) is 16.3. The van der Waals surface area contributed by atoms with Gasteiger partial charge in [-0.3, -0.25) is 4.79 Å². The van der Waals surface area contributed by atoms with Crippen molar-refractivity contribution in [3.05, 3.63) is 65.4 Å². The highest BCUT2D eigenvalue weighted by Gasteiger charge is 2.28. The van der Waals surface area contributed by atoms with Gasteiger partial charge in [-0.05, 0) is 48.7 Å². The van der Waals surface area contributed by atoms with Gasteiger partial charge in [-0.1, -0.05) is 12.1 Å². The van der Waals surface area contributed by atoms with Crippen molar-refractivity contribution in [1.29, 1.82) is 0 Å². The van der Waals surface area contributed by atoms with Gasteiger partial charge in [0.15, 0.2) is 9.84 Å². The van der Waals surface area contributed by atoms with Crippen LogP contribution in [0.4, 0.5) is 28.6 Å². The van der Waals surface area contributed by atoms with E-state index in [1.54, 1.807) is 30.5 Å². The Morgan fingerprint density at radius 2 is 1.94 bits per heavy atom. The first-order valence-corrected chi connectivity index (χ1v) is 12.8. The quantitative estimate of drug-likeness (QED) is 0.376. The van der Waals surface area contributed by atoms with Crippen LogP contribution >= 0.6 is 0 Å². The molecule has 2 aliphatic heterocycles. The Bertz CT molecular complexity index is 1390. The van der Waals surface area contributed by atoms with Gasteiger partial charge < -0.3 is 26.4 Å². The lowest BCUT2D eigenvalue weighted by Crippen LogP contribution is -2.29. The molecular weight excluding hydrogens is 454 g/mol. The molecule has 5 N–H and O–H groups in total. The maximum atomic E-state index is 13.2. The van der Waals surface area contributed by atoms with Gasteiger partial charge in [0, 0.05) is 30.5 Å². The molecule has 0 saturated carbocycles. The van der Waals surface area contributed by atoms with E-state index in [1.165, 1.54) is 0 Å². The number of aromatic nitrogens is 1. The van der Waals surface area contributed by atoms with E-state index < -0.39 is 9.84 Å². The van der Waals surface area contributed by atoms with E-state index in [4.69, 9.17) is 0 Å². The number of rotatable bonds is 5. The molecular formula is C24H25N5O4S. The van der Waals surface area contributed by atoms with Crippen molar-refractivity contribution >= 4 is 44.3 Å². The van der Waals surface area contributed by atoms with E-state index in [1.807, 2.05) is 25.1 Å². The number of anilines is 5. The van der Waals surface area contributed by atoms with Crippen molar-refractivity contribution in [2.75, 3.05) is 27.5 Å². The summed E-state index contributed by atoms with van der Waals surface area (Å²) in [6.07, 6.45) is 2.22. The number of amides is 1. The molecule has 10 heteroatoms. The third-order valence-corrected chi connectivity index (χ3v) is 7.85. The van der Waals surface area contributed by atoms with Crippen molar-refractivity contribution in [3.8, 4) is 5.75 Å². The summed E-state index contributed by atoms with van der Waals surface area (Å²) < 4.78 is 23.4. The Hall–Kier alpha value is -3.63. The van der Waals surface area contributed by atoms with E-state index >= 15 is 0 Å². The molecule has 34 heavy (non-hydrogen) atoms. The number of phenolic OH excluding ortho intramolecular Hbond substituents is 1. The number of hydrogen-bond acceptors (Lipinski definition) is 8. The number of aryl methyl sites for hydroxylation is 1. The Kier molecular flexibility index (Phi) is 5.62. The maximum absolute atomic E-state index is 13.2. The average molecular weight is 480 g/mol. The molecule has 1 saturated heterocycles. The number of carbonyl (C=O) groups excluding carboxylic acids is 1. The van der Waals surface area contributed by atoms with Gasteiger partial charge in [-0.15, -0.1) is 0 Å². The summed E-state index contributed by atoms with van der Waals surface area (Å²) in [6.45, 7) is 2.41. The molecule has 1 aromatic heterocycles. The van der Waals surface area contributed by atoms with Crippen LogP contribution < -0.4 is 21.3 Å². The number of nitrogens with one attached hydrogen (secondary N) is 4. The number of benzene rings is 2. The van der Waals surface area contributed by atoms with Gasteiger partial charge in [0.25, 0.3) is 5.91 Å². The van der Waals surface area contributed by atoms with Gasteiger partial charge in [0.2, 0.25) is 0 Å². The van der Waals surface area contributed by atoms with Crippen LogP contribution in [-0.4, -0.2) is 42.0 Å². The molecule has 0 bridgehead atoms. The number of aromatic hydroxyl groups is 1. The summed E-state index contributed by atoms with van der Waals surface area (Å²) in [5.74, 6) is 0.604. The molecule has 0 spiro atoms. The molecule has 9 nitrogen and oxygen atoms in total. The fraction of sp³-hybridized carbons (Fsp3) is 0.250. The van der Waals surface area contributed by atoms with Crippen LogP contribution in [0.2, 0.25) is 0 Å². The number of nitrogens with zero attached hydrogens (tertiary/aromatic N) is 1. The molecule has 1 unspecified atom stereocenters. The molecule has 2 aromatic carbocycles. The van der Waals surface area contributed by atoms with Crippen LogP contribution in [-0.2, 0) is 16.4 Å². The van der Waals surface area contributed by atoms with Gasteiger partial charge in [-0.2, -0.15) is 0 Å². The first kappa shape index (κ1) is 22.2. The van der Waals surface area contributed by atoms with E-state index in [0.29, 0.717) is 47.1 Å². The zero-order valence-electron chi connectivity index (χ0n) is 18.6. The van der Waals surface area contributed by atoms with Gasteiger partial charge in [0.1, 0.15) is 17.1 Å². The summed E-state index contributed by atoms with van der Waals surface area (Å²) in [5, 5.41) is 22.6. The summed E-state index contributed by atoms with van der Waals surface area (Å²) in [7, 11) is -2.95. The molecule has 2 aliphatic rings. The second kappa shape index (κ2) is 8.62. The zero-order valence-corrected chi connectivity index (χ0v) is 19.4. The summed E-state index contributed by atoms with van der Waals surface area (Å²) in [5.41, 5.74) is 4.76. The molecule has 0 aliphatic carbocycles. The number of fused-ring (bicyclic) bond motifs is 2. The van der Waals surface area contributed by atoms with E-state index in [2.05, 4.69) is 26.3 Å². The fourth-order valence-corrected chi connectivity index (χ4v) is 5.93. The molecule has 1 amide bonds. The van der Waals surface area contributed by atoms with Crippen LogP contribution in [0.25, 0.3) is 0 Å². The minimum absolute atomic E-state index is 0.0560. The minimum atomic E-state index is -2.95. The second-order valence-corrected chi connectivity index (χ2v) is 10.9. The summed E-state index contributed by atoms with van der Waals surface area (Å²) in [4.78, 5) is 17.6. The Morgan fingerprint density at radius 1 is 1.09 bits per heavy atom. The van der Waals surface area contributed by atoms with Crippen LogP contribution in [0.3, 0.4) is 0 Å². The predicted molar refractivity (Wildman–Crippen MR) is 132 cm³/mol. The summed E-state index contributed by atoms with van der Waals surface area (Å²) in [6, 6.07) is 12.3. The van der Waals surface area contributed by atoms with E-state index in [9.17, 15) is 18.3 Å². The van der Waals surface area contributed by atoms with Crippen molar-refractivity contribution in [2.45, 2.75) is 25.9 Å². The Balaban J connectivity index is 1.38. The topological polar surface area (TPSA) is 132 Å². The zero-order chi connectivity index (χ0) is 23.9. The normalized spacial score (nSPS) is 18.3. The average Bonchev–Trinajstić information content (AvgIpc) is 3.07. The van der Waals surface area contributed by atoms with Gasteiger partial charge in [0.05, 0.1) is 28.6 Å². The first-order valence-electron chi connectivity index (χ1n) is 11.0. The second-order valence-electron chi connectivity index (χ2n) is 8.65. The highest BCUT2D eigenvalue weighted by Crippen LogP contribution is 2.36. The van der Waals surface area contributed by atoms with Crippen molar-refractivity contribution in [1.82, 2.24) is 10.3 Å². The van der Waals surface area contributed by atoms with Crippen LogP contribution in [0.5, 0.6) is 5.75 Å². The lowest BCUT2D eigenvalue weighted by Gasteiger charge is -2.14. The van der Waals surface area contributed by atoms with Crippen LogP contribution in [0.15, 0.2) is 48.7 Å². The molecule has 3 heterocycles. The van der Waals surface area contributed by atoms with Gasteiger partial charge >= 0.3 is 0 Å². The van der Waals surface area contributed by atoms with Crippen molar-refractivity contribution in [2.24, 2.45) is 0 Å². The minimum Gasteiger partial charge on any atom is -0.508 e. The lowest BCUT2D eigenvalue weighted by molar-refractivity contribution is 0.102. The summed E-state index contributed by atoms with van der Waals surface area (Å²) >= 11 is 0. The maximum Gasteiger partial charge on any atom is 0.261 e. The lowest BCUT2D eigenvalue weighted by atomic mass is 10.1. The van der Waals surface area contributed by atoms with Crippen LogP contribution in [0.1, 0.15) is 27.9 Å². The Morgan fingerprint density at radius 3 is 2.74 bits per heavy atom. The predicted octanol–water partition coefficient (Wildman–Crippen LogP) is 3.43. The molecule has 1 atom stereocenters. The highest BCUT2D eigenvalue weighted by atomic mass is 32.2. The third-order valence-electron chi connectivity index (χ3n) is 6.08. The van der Waals surface area contributed by atoms with Crippen molar-refractivity contribution in [3.63, 3.8) is 0 Å². The highest BCUT2D eigenvalue weighted by molar-refractivity contribution is 7.91. The third kappa shape index (κ3) is 4.55. The monoisotopic (exact) mass is 479 g/mol. The van der Waals surface area contributed by atoms with Crippen LogP contribution in [0, 0.1) is 6.92 Å².